The number of sulfonamides is 1. The van der Waals surface area contributed by atoms with Crippen LogP contribution in [0.4, 0.5) is 5.69 Å². The molecule has 0 saturated carbocycles. The van der Waals surface area contributed by atoms with Crippen molar-refractivity contribution in [3.05, 3.63) is 42.7 Å². The van der Waals surface area contributed by atoms with E-state index in [4.69, 9.17) is 0 Å². The Morgan fingerprint density at radius 3 is 2.62 bits per heavy atom. The average molecular weight is 376 g/mol. The van der Waals surface area contributed by atoms with Crippen LogP contribution in [0.15, 0.2) is 47.6 Å². The van der Waals surface area contributed by atoms with Crippen LogP contribution >= 0.6 is 0 Å². The van der Waals surface area contributed by atoms with Crippen LogP contribution in [0.3, 0.4) is 0 Å². The Labute approximate surface area is 154 Å². The van der Waals surface area contributed by atoms with Crippen LogP contribution in [0.25, 0.3) is 0 Å². The predicted molar refractivity (Wildman–Crippen MR) is 99.4 cm³/mol. The van der Waals surface area contributed by atoms with Crippen molar-refractivity contribution in [1.29, 1.82) is 0 Å². The molecule has 1 saturated heterocycles. The Balaban J connectivity index is 1.60. The summed E-state index contributed by atoms with van der Waals surface area (Å²) in [5, 5.41) is 4.22. The summed E-state index contributed by atoms with van der Waals surface area (Å²) in [6.07, 6.45) is 6.55. The second-order valence-electron chi connectivity index (χ2n) is 6.38. The number of nitrogens with one attached hydrogen (secondary N) is 1. The second kappa shape index (κ2) is 8.01. The lowest BCUT2D eigenvalue weighted by Gasteiger charge is -2.17. The van der Waals surface area contributed by atoms with Gasteiger partial charge in [0.15, 0.2) is 0 Å². The molecule has 1 N–H and O–H groups in total. The number of aromatic nitrogens is 2. The third kappa shape index (κ3) is 4.13. The standard InChI is InChI=1S/C18H24N4O3S/c1-2-15(22-14-4-11-19-22)10-12-20-26(24,25)17-8-6-16(7-9-17)21-13-3-5-18(21)23/h4,6-9,11,14-15,20H,2-3,5,10,12-13H2,1H3/t15-/m1/s1. The number of hydrogen-bond acceptors (Lipinski definition) is 4. The highest BCUT2D eigenvalue weighted by molar-refractivity contribution is 7.89. The van der Waals surface area contributed by atoms with Crippen molar-refractivity contribution in [3.8, 4) is 0 Å². The normalized spacial score (nSPS) is 16.2. The van der Waals surface area contributed by atoms with E-state index in [9.17, 15) is 13.2 Å². The predicted octanol–water partition coefficient (Wildman–Crippen LogP) is 2.33. The molecule has 0 unspecified atom stereocenters. The summed E-state index contributed by atoms with van der Waals surface area (Å²) in [4.78, 5) is 13.7. The number of amides is 1. The molecule has 2 aromatic rings. The quantitative estimate of drug-likeness (QED) is 0.766. The van der Waals surface area contributed by atoms with E-state index in [-0.39, 0.29) is 16.8 Å². The maximum Gasteiger partial charge on any atom is 0.240 e. The monoisotopic (exact) mass is 376 g/mol. The van der Waals surface area contributed by atoms with Crippen LogP contribution < -0.4 is 9.62 Å². The molecule has 8 heteroatoms. The molecule has 1 aromatic heterocycles. The fraction of sp³-hybridized carbons (Fsp3) is 0.444. The second-order valence-corrected chi connectivity index (χ2v) is 8.14. The molecule has 1 atom stereocenters. The van der Waals surface area contributed by atoms with Crippen LogP contribution in [-0.2, 0) is 14.8 Å². The summed E-state index contributed by atoms with van der Waals surface area (Å²) < 4.78 is 29.5. The molecule has 1 aliphatic rings. The lowest BCUT2D eigenvalue weighted by molar-refractivity contribution is -0.117. The topological polar surface area (TPSA) is 84.3 Å². The van der Waals surface area contributed by atoms with Crippen molar-refractivity contribution < 1.29 is 13.2 Å². The smallest absolute Gasteiger partial charge is 0.240 e. The van der Waals surface area contributed by atoms with Crippen molar-refractivity contribution in [3.63, 3.8) is 0 Å². The Morgan fingerprint density at radius 2 is 2.04 bits per heavy atom. The zero-order chi connectivity index (χ0) is 18.6. The molecule has 1 aliphatic heterocycles. The molecule has 1 amide bonds. The van der Waals surface area contributed by atoms with E-state index in [1.165, 1.54) is 0 Å². The van der Waals surface area contributed by atoms with Crippen LogP contribution in [-0.4, -0.2) is 37.2 Å². The van der Waals surface area contributed by atoms with E-state index in [1.54, 1.807) is 35.4 Å². The maximum atomic E-state index is 12.5. The number of rotatable bonds is 8. The third-order valence-electron chi connectivity index (χ3n) is 4.67. The van der Waals surface area contributed by atoms with Crippen molar-refractivity contribution >= 4 is 21.6 Å². The minimum atomic E-state index is -3.57. The number of carbonyl (C=O) groups excluding carboxylic acids is 1. The molecule has 2 heterocycles. The van der Waals surface area contributed by atoms with E-state index in [2.05, 4.69) is 16.7 Å². The minimum absolute atomic E-state index is 0.0861. The van der Waals surface area contributed by atoms with Crippen LogP contribution in [0.2, 0.25) is 0 Å². The molecule has 7 nitrogen and oxygen atoms in total. The summed E-state index contributed by atoms with van der Waals surface area (Å²) in [5.41, 5.74) is 0.746. The van der Waals surface area contributed by atoms with Gasteiger partial charge in [0.2, 0.25) is 15.9 Å². The van der Waals surface area contributed by atoms with E-state index < -0.39 is 10.0 Å². The molecule has 0 radical (unpaired) electrons. The Hall–Kier alpha value is -2.19. The van der Waals surface area contributed by atoms with Gasteiger partial charge in [0.1, 0.15) is 0 Å². The van der Waals surface area contributed by atoms with Gasteiger partial charge in [0, 0.05) is 37.6 Å². The van der Waals surface area contributed by atoms with Gasteiger partial charge in [-0.3, -0.25) is 9.48 Å². The zero-order valence-electron chi connectivity index (χ0n) is 14.8. The number of carbonyl (C=O) groups is 1. The highest BCUT2D eigenvalue weighted by atomic mass is 32.2. The number of benzene rings is 1. The SMILES string of the molecule is CC[C@H](CCNS(=O)(=O)c1ccc(N2CCCC2=O)cc1)n1cccn1. The minimum Gasteiger partial charge on any atom is -0.312 e. The number of anilines is 1. The van der Waals surface area contributed by atoms with Gasteiger partial charge < -0.3 is 4.90 Å². The van der Waals surface area contributed by atoms with Crippen molar-refractivity contribution in [2.45, 2.75) is 43.5 Å². The molecule has 1 aromatic carbocycles. The van der Waals surface area contributed by atoms with E-state index >= 15 is 0 Å². The molecule has 1 fully saturated rings. The first-order valence-electron chi connectivity index (χ1n) is 8.90. The number of hydrogen-bond donors (Lipinski definition) is 1. The summed E-state index contributed by atoms with van der Waals surface area (Å²) in [5.74, 6) is 0.0861. The van der Waals surface area contributed by atoms with Gasteiger partial charge >= 0.3 is 0 Å². The molecular weight excluding hydrogens is 352 g/mol. The van der Waals surface area contributed by atoms with Crippen molar-refractivity contribution in [2.75, 3.05) is 18.0 Å². The maximum absolute atomic E-state index is 12.5. The van der Waals surface area contributed by atoms with Crippen LogP contribution in [0, 0.1) is 0 Å². The Morgan fingerprint density at radius 1 is 1.27 bits per heavy atom. The van der Waals surface area contributed by atoms with Gasteiger partial charge in [0.25, 0.3) is 0 Å². The number of nitrogens with zero attached hydrogens (tertiary/aromatic N) is 3. The van der Waals surface area contributed by atoms with Gasteiger partial charge in [-0.2, -0.15) is 5.10 Å². The van der Waals surface area contributed by atoms with E-state index in [1.807, 2.05) is 16.9 Å². The summed E-state index contributed by atoms with van der Waals surface area (Å²) in [7, 11) is -3.57. The largest absolute Gasteiger partial charge is 0.312 e. The fourth-order valence-corrected chi connectivity index (χ4v) is 4.24. The molecule has 26 heavy (non-hydrogen) atoms. The van der Waals surface area contributed by atoms with E-state index in [0.717, 1.165) is 18.5 Å². The summed E-state index contributed by atoms with van der Waals surface area (Å²) >= 11 is 0. The highest BCUT2D eigenvalue weighted by Crippen LogP contribution is 2.23. The van der Waals surface area contributed by atoms with Crippen molar-refractivity contribution in [1.82, 2.24) is 14.5 Å². The van der Waals surface area contributed by atoms with Gasteiger partial charge in [-0.05, 0) is 49.6 Å². The molecule has 0 spiro atoms. The fourth-order valence-electron chi connectivity index (χ4n) is 3.19. The summed E-state index contributed by atoms with van der Waals surface area (Å²) in [6, 6.07) is 8.50. The van der Waals surface area contributed by atoms with Gasteiger partial charge in [-0.1, -0.05) is 6.92 Å². The zero-order valence-corrected chi connectivity index (χ0v) is 15.7. The van der Waals surface area contributed by atoms with Crippen molar-refractivity contribution in [2.24, 2.45) is 0 Å². The van der Waals surface area contributed by atoms with E-state index in [0.29, 0.717) is 25.9 Å². The molecule has 140 valence electrons. The lowest BCUT2D eigenvalue weighted by Crippen LogP contribution is -2.27. The molecule has 3 rings (SSSR count). The van der Waals surface area contributed by atoms with Crippen LogP contribution in [0.1, 0.15) is 38.6 Å². The molecule has 0 aliphatic carbocycles. The summed E-state index contributed by atoms with van der Waals surface area (Å²) in [6.45, 7) is 3.08. The van der Waals surface area contributed by atoms with Gasteiger partial charge in [-0.25, -0.2) is 13.1 Å². The average Bonchev–Trinajstić information content (AvgIpc) is 3.30. The lowest BCUT2D eigenvalue weighted by atomic mass is 10.1. The first-order valence-corrected chi connectivity index (χ1v) is 10.4. The van der Waals surface area contributed by atoms with Gasteiger partial charge in [-0.15, -0.1) is 0 Å². The molecule has 0 bridgehead atoms. The Kier molecular flexibility index (Phi) is 5.73. The third-order valence-corrected chi connectivity index (χ3v) is 6.15. The van der Waals surface area contributed by atoms with Crippen LogP contribution in [0.5, 0.6) is 0 Å². The first kappa shape index (κ1) is 18.6. The molecular formula is C18H24N4O3S. The highest BCUT2D eigenvalue weighted by Gasteiger charge is 2.22. The van der Waals surface area contributed by atoms with Gasteiger partial charge in [0.05, 0.1) is 10.9 Å². The first-order chi connectivity index (χ1) is 12.5. The Bertz CT molecular complexity index is 832.